The van der Waals surface area contributed by atoms with Crippen LogP contribution in [0.15, 0.2) is 62.6 Å². The summed E-state index contributed by atoms with van der Waals surface area (Å²) in [6.45, 7) is -1.20. The van der Waals surface area contributed by atoms with Gasteiger partial charge < -0.3 is 14.5 Å². The van der Waals surface area contributed by atoms with Crippen LogP contribution in [0.5, 0.6) is 5.75 Å². The highest BCUT2D eigenvalue weighted by Crippen LogP contribution is 2.27. The quantitative estimate of drug-likeness (QED) is 0.478. The van der Waals surface area contributed by atoms with Gasteiger partial charge in [-0.15, -0.1) is 10.2 Å². The molecule has 0 aliphatic heterocycles. The maximum Gasteiger partial charge on any atom is 0.387 e. The van der Waals surface area contributed by atoms with Gasteiger partial charge in [-0.25, -0.2) is 0 Å². The largest absolute Gasteiger partial charge is 0.435 e. The molecule has 0 saturated heterocycles. The minimum absolute atomic E-state index is 0.0155. The predicted octanol–water partition coefficient (Wildman–Crippen LogP) is 5.22. The Hall–Kier alpha value is -2.46. The summed E-state index contributed by atoms with van der Waals surface area (Å²) in [7, 11) is 0. The molecular weight excluding hydrogens is 456 g/mol. The summed E-state index contributed by atoms with van der Waals surface area (Å²) >= 11 is 4.47. The fraction of sp³-hybridized carbons (Fsp3) is 0.167. The van der Waals surface area contributed by atoms with Crippen molar-refractivity contribution in [3.63, 3.8) is 0 Å². The molecule has 1 unspecified atom stereocenters. The summed E-state index contributed by atoms with van der Waals surface area (Å²) in [5.74, 6) is 0.0786. The minimum atomic E-state index is -2.89. The second kappa shape index (κ2) is 9.16. The first kappa shape index (κ1) is 20.3. The van der Waals surface area contributed by atoms with Gasteiger partial charge in [0.15, 0.2) is 0 Å². The number of thioether (sulfide) groups is 1. The molecule has 1 amide bonds. The number of carbonyl (C=O) groups excluding carboxylic acids is 1. The molecule has 2 aromatic carbocycles. The zero-order chi connectivity index (χ0) is 20.1. The van der Waals surface area contributed by atoms with Crippen LogP contribution in [0.2, 0.25) is 0 Å². The number of carbonyl (C=O) groups is 1. The summed E-state index contributed by atoms with van der Waals surface area (Å²) < 4.78 is 35.1. The molecule has 10 heteroatoms. The number of amides is 1. The van der Waals surface area contributed by atoms with Crippen molar-refractivity contribution in [1.29, 1.82) is 0 Å². The van der Waals surface area contributed by atoms with Crippen molar-refractivity contribution in [2.24, 2.45) is 0 Å². The molecule has 0 aliphatic rings. The first-order valence-corrected chi connectivity index (χ1v) is 9.70. The Morgan fingerprint density at radius 3 is 2.46 bits per heavy atom. The molecule has 0 radical (unpaired) electrons. The van der Waals surface area contributed by atoms with E-state index in [0.717, 1.165) is 21.8 Å². The monoisotopic (exact) mass is 469 g/mol. The third-order valence-electron chi connectivity index (χ3n) is 3.49. The first-order chi connectivity index (χ1) is 13.4. The van der Waals surface area contributed by atoms with Crippen molar-refractivity contribution in [2.75, 3.05) is 5.32 Å². The lowest BCUT2D eigenvalue weighted by atomic mass is 10.2. The van der Waals surface area contributed by atoms with Crippen molar-refractivity contribution in [2.45, 2.75) is 24.0 Å². The number of hydrogen-bond acceptors (Lipinski definition) is 6. The molecule has 0 saturated carbocycles. The Morgan fingerprint density at radius 1 is 1.14 bits per heavy atom. The van der Waals surface area contributed by atoms with Crippen molar-refractivity contribution in [3.8, 4) is 17.2 Å². The number of alkyl halides is 2. The number of ether oxygens (including phenoxy) is 1. The van der Waals surface area contributed by atoms with Crippen LogP contribution in [0.1, 0.15) is 6.92 Å². The number of nitrogens with zero attached hydrogens (tertiary/aromatic N) is 2. The van der Waals surface area contributed by atoms with Gasteiger partial charge in [0.05, 0.1) is 5.25 Å². The molecule has 0 fully saturated rings. The molecule has 28 heavy (non-hydrogen) atoms. The summed E-state index contributed by atoms with van der Waals surface area (Å²) in [6, 6.07) is 13.0. The highest BCUT2D eigenvalue weighted by Gasteiger charge is 2.19. The van der Waals surface area contributed by atoms with Gasteiger partial charge in [0.25, 0.3) is 5.22 Å². The van der Waals surface area contributed by atoms with Crippen LogP contribution < -0.4 is 10.1 Å². The molecule has 1 heterocycles. The van der Waals surface area contributed by atoms with Crippen molar-refractivity contribution in [3.05, 3.63) is 53.0 Å². The second-order valence-corrected chi connectivity index (χ2v) is 7.74. The number of rotatable bonds is 7. The van der Waals surface area contributed by atoms with E-state index in [9.17, 15) is 13.6 Å². The smallest absolute Gasteiger partial charge is 0.387 e. The zero-order valence-electron chi connectivity index (χ0n) is 14.4. The van der Waals surface area contributed by atoms with Crippen molar-refractivity contribution in [1.82, 2.24) is 10.2 Å². The van der Waals surface area contributed by atoms with Crippen LogP contribution in [0.4, 0.5) is 14.5 Å². The van der Waals surface area contributed by atoms with E-state index in [2.05, 4.69) is 36.2 Å². The summed E-state index contributed by atoms with van der Waals surface area (Å²) in [6.07, 6.45) is 0. The van der Waals surface area contributed by atoms with Gasteiger partial charge in [-0.3, -0.25) is 4.79 Å². The fourth-order valence-electron chi connectivity index (χ4n) is 2.13. The Morgan fingerprint density at radius 2 is 1.82 bits per heavy atom. The number of nitrogens with one attached hydrogen (secondary N) is 1. The van der Waals surface area contributed by atoms with Gasteiger partial charge in [-0.1, -0.05) is 27.7 Å². The minimum Gasteiger partial charge on any atom is -0.435 e. The highest BCUT2D eigenvalue weighted by atomic mass is 79.9. The Kier molecular flexibility index (Phi) is 6.63. The van der Waals surface area contributed by atoms with Gasteiger partial charge in [0.1, 0.15) is 5.75 Å². The third-order valence-corrected chi connectivity index (χ3v) is 4.95. The Labute approximate surface area is 171 Å². The fourth-order valence-corrected chi connectivity index (χ4v) is 3.08. The van der Waals surface area contributed by atoms with Crippen LogP contribution in [0.3, 0.4) is 0 Å². The molecule has 6 nitrogen and oxygen atoms in total. The SMILES string of the molecule is CC(Sc1nnc(-c2ccc(Br)cc2)o1)C(=O)Nc1ccc(OC(F)F)cc1. The average Bonchev–Trinajstić information content (AvgIpc) is 3.12. The highest BCUT2D eigenvalue weighted by molar-refractivity contribution is 9.10. The number of hydrogen-bond donors (Lipinski definition) is 1. The topological polar surface area (TPSA) is 77.2 Å². The lowest BCUT2D eigenvalue weighted by Gasteiger charge is -2.10. The molecule has 3 rings (SSSR count). The third kappa shape index (κ3) is 5.52. The molecule has 1 N–H and O–H groups in total. The molecule has 0 aliphatic carbocycles. The zero-order valence-corrected chi connectivity index (χ0v) is 16.8. The van der Waals surface area contributed by atoms with E-state index in [1.807, 2.05) is 24.3 Å². The first-order valence-electron chi connectivity index (χ1n) is 8.02. The predicted molar refractivity (Wildman–Crippen MR) is 104 cm³/mol. The van der Waals surface area contributed by atoms with Crippen LogP contribution in [-0.4, -0.2) is 28.0 Å². The van der Waals surface area contributed by atoms with E-state index in [4.69, 9.17) is 4.42 Å². The van der Waals surface area contributed by atoms with E-state index in [0.29, 0.717) is 11.6 Å². The normalized spacial score (nSPS) is 12.0. The molecule has 0 bridgehead atoms. The van der Waals surface area contributed by atoms with E-state index in [1.54, 1.807) is 6.92 Å². The summed E-state index contributed by atoms with van der Waals surface area (Å²) in [5, 5.41) is 10.4. The van der Waals surface area contributed by atoms with Gasteiger partial charge in [-0.2, -0.15) is 8.78 Å². The standard InChI is InChI=1S/C18H14BrF2N3O3S/c1-10(15(25)22-13-6-8-14(9-7-13)26-17(20)21)28-18-24-23-16(27-18)11-2-4-12(19)5-3-11/h2-10,17H,1H3,(H,22,25). The Balaban J connectivity index is 1.57. The average molecular weight is 470 g/mol. The lowest BCUT2D eigenvalue weighted by Crippen LogP contribution is -2.22. The second-order valence-electron chi connectivity index (χ2n) is 5.53. The molecule has 146 valence electrons. The molecular formula is C18H14BrF2N3O3S. The summed E-state index contributed by atoms with van der Waals surface area (Å²) in [4.78, 5) is 12.3. The molecule has 0 spiro atoms. The van der Waals surface area contributed by atoms with Crippen molar-refractivity contribution >= 4 is 39.3 Å². The van der Waals surface area contributed by atoms with Gasteiger partial charge in [-0.05, 0) is 55.5 Å². The van der Waals surface area contributed by atoms with Crippen LogP contribution >= 0.6 is 27.7 Å². The van der Waals surface area contributed by atoms with Gasteiger partial charge in [0.2, 0.25) is 11.8 Å². The lowest BCUT2D eigenvalue weighted by molar-refractivity contribution is -0.115. The number of anilines is 1. The van der Waals surface area contributed by atoms with Crippen LogP contribution in [0, 0.1) is 0 Å². The number of halogens is 3. The molecule has 1 atom stereocenters. The molecule has 3 aromatic rings. The maximum absolute atomic E-state index is 12.3. The Bertz CT molecular complexity index is 936. The maximum atomic E-state index is 12.3. The summed E-state index contributed by atoms with van der Waals surface area (Å²) in [5.41, 5.74) is 1.23. The number of benzene rings is 2. The van der Waals surface area contributed by atoms with E-state index in [-0.39, 0.29) is 16.9 Å². The van der Waals surface area contributed by atoms with E-state index < -0.39 is 11.9 Å². The van der Waals surface area contributed by atoms with Gasteiger partial charge >= 0.3 is 6.61 Å². The van der Waals surface area contributed by atoms with Gasteiger partial charge in [0, 0.05) is 15.7 Å². The van der Waals surface area contributed by atoms with Crippen LogP contribution in [0.25, 0.3) is 11.5 Å². The van der Waals surface area contributed by atoms with E-state index in [1.165, 1.54) is 24.3 Å². The van der Waals surface area contributed by atoms with E-state index >= 15 is 0 Å². The number of aromatic nitrogens is 2. The van der Waals surface area contributed by atoms with Crippen LogP contribution in [-0.2, 0) is 4.79 Å². The molecule has 1 aromatic heterocycles. The van der Waals surface area contributed by atoms with Crippen molar-refractivity contribution < 1.29 is 22.7 Å².